The predicted molar refractivity (Wildman–Crippen MR) is 107 cm³/mol. The van der Waals surface area contributed by atoms with Crippen LogP contribution in [0.2, 0.25) is 0 Å². The summed E-state index contributed by atoms with van der Waals surface area (Å²) in [4.78, 5) is 7.37. The number of aryl methyl sites for hydroxylation is 1. The van der Waals surface area contributed by atoms with Gasteiger partial charge in [-0.3, -0.25) is 4.98 Å². The van der Waals surface area contributed by atoms with Crippen LogP contribution in [0, 0.1) is 18.3 Å². The van der Waals surface area contributed by atoms with Crippen molar-refractivity contribution >= 4 is 23.1 Å². The van der Waals surface area contributed by atoms with E-state index in [2.05, 4.69) is 16.0 Å². The number of pyridine rings is 1. The van der Waals surface area contributed by atoms with E-state index in [9.17, 15) is 5.26 Å². The maximum atomic E-state index is 9.52. The molecule has 0 bridgehead atoms. The number of benzene rings is 2. The molecule has 0 fully saturated rings. The van der Waals surface area contributed by atoms with Crippen molar-refractivity contribution in [3.63, 3.8) is 0 Å². The van der Waals surface area contributed by atoms with Gasteiger partial charge >= 0.3 is 0 Å². The highest BCUT2D eigenvalue weighted by Crippen LogP contribution is 2.34. The summed E-state index contributed by atoms with van der Waals surface area (Å²) in [5, 5.41) is 10.6. The second kappa shape index (κ2) is 7.19. The zero-order chi connectivity index (χ0) is 18.6. The topological polar surface area (TPSA) is 61.7 Å². The van der Waals surface area contributed by atoms with Crippen LogP contribution in [0.25, 0.3) is 23.1 Å². The maximum absolute atomic E-state index is 9.52. The molecule has 4 nitrogen and oxygen atoms in total. The van der Waals surface area contributed by atoms with Gasteiger partial charge in [0.05, 0.1) is 0 Å². The van der Waals surface area contributed by atoms with Gasteiger partial charge in [0.1, 0.15) is 17.4 Å². The van der Waals surface area contributed by atoms with Gasteiger partial charge in [-0.1, -0.05) is 36.4 Å². The lowest BCUT2D eigenvalue weighted by atomic mass is 10.1. The van der Waals surface area contributed by atoms with Gasteiger partial charge in [-0.05, 0) is 36.8 Å². The first-order valence-corrected chi connectivity index (χ1v) is 8.62. The number of nitriles is 1. The average Bonchev–Trinajstić information content (AvgIpc) is 3.19. The summed E-state index contributed by atoms with van der Waals surface area (Å²) >= 11 is 0. The Bertz CT molecular complexity index is 1170. The second-order valence-electron chi connectivity index (χ2n) is 6.19. The number of ether oxygens (including phenoxy) is 1. The summed E-state index contributed by atoms with van der Waals surface area (Å²) in [6.45, 7) is 2.01. The minimum Gasteiger partial charge on any atom is -0.455 e. The van der Waals surface area contributed by atoms with Crippen molar-refractivity contribution in [2.75, 3.05) is 0 Å². The van der Waals surface area contributed by atoms with E-state index >= 15 is 0 Å². The minimum absolute atomic E-state index is 0.402. The quantitative estimate of drug-likeness (QED) is 0.512. The number of aromatic nitrogens is 2. The third kappa shape index (κ3) is 3.31. The fourth-order valence-electron chi connectivity index (χ4n) is 3.01. The fraction of sp³-hybridized carbons (Fsp3) is 0.0435. The Balaban J connectivity index is 1.76. The number of H-pyrrole nitrogens is 1. The molecule has 27 heavy (non-hydrogen) atoms. The molecule has 4 rings (SSSR count). The predicted octanol–water partition coefficient (Wildman–Crippen LogP) is 5.71. The van der Waals surface area contributed by atoms with Gasteiger partial charge < -0.3 is 9.72 Å². The van der Waals surface area contributed by atoms with Crippen molar-refractivity contribution in [1.29, 1.82) is 5.26 Å². The molecule has 0 aliphatic heterocycles. The molecule has 0 unspecified atom stereocenters. The number of fused-ring (bicyclic) bond motifs is 1. The van der Waals surface area contributed by atoms with E-state index < -0.39 is 0 Å². The summed E-state index contributed by atoms with van der Waals surface area (Å²) in [7, 11) is 0. The number of hydrogen-bond donors (Lipinski definition) is 1. The molecule has 4 heteroatoms. The van der Waals surface area contributed by atoms with Crippen LogP contribution in [0.3, 0.4) is 0 Å². The third-order valence-corrected chi connectivity index (χ3v) is 4.47. The Labute approximate surface area is 157 Å². The molecule has 2 aromatic heterocycles. The van der Waals surface area contributed by atoms with Crippen LogP contribution >= 0.6 is 0 Å². The molecule has 0 saturated heterocycles. The molecule has 0 spiro atoms. The second-order valence-corrected chi connectivity index (χ2v) is 6.19. The highest BCUT2D eigenvalue weighted by molar-refractivity contribution is 5.85. The van der Waals surface area contributed by atoms with Crippen LogP contribution in [0.4, 0.5) is 0 Å². The van der Waals surface area contributed by atoms with Gasteiger partial charge in [0.2, 0.25) is 0 Å². The summed E-state index contributed by atoms with van der Waals surface area (Å²) < 4.78 is 6.20. The monoisotopic (exact) mass is 351 g/mol. The van der Waals surface area contributed by atoms with E-state index in [1.54, 1.807) is 6.20 Å². The van der Waals surface area contributed by atoms with Crippen molar-refractivity contribution in [3.8, 4) is 17.6 Å². The molecule has 2 heterocycles. The molecule has 0 aliphatic rings. The average molecular weight is 351 g/mol. The standard InChI is InChI=1S/C23H17N3O/c1-16-20-11-12-26-21(20)9-10-22(16)27-23-18(14-25-15-19(23)13-24)8-7-17-5-3-2-4-6-17/h2-12,14-15,26H,1H3. The largest absolute Gasteiger partial charge is 0.455 e. The Hall–Kier alpha value is -3.84. The van der Waals surface area contributed by atoms with Gasteiger partial charge in [-0.2, -0.15) is 5.26 Å². The Morgan fingerprint density at radius 3 is 2.70 bits per heavy atom. The number of nitrogens with zero attached hydrogens (tertiary/aromatic N) is 2. The lowest BCUT2D eigenvalue weighted by Crippen LogP contribution is -1.95. The smallest absolute Gasteiger partial charge is 0.155 e. The Kier molecular flexibility index (Phi) is 4.42. The van der Waals surface area contributed by atoms with Gasteiger partial charge in [-0.25, -0.2) is 0 Å². The number of rotatable bonds is 4. The first-order valence-electron chi connectivity index (χ1n) is 8.62. The Morgan fingerprint density at radius 1 is 1.04 bits per heavy atom. The molecular formula is C23H17N3O. The molecular weight excluding hydrogens is 334 g/mol. The van der Waals surface area contributed by atoms with Crippen molar-refractivity contribution in [2.45, 2.75) is 6.92 Å². The number of hydrogen-bond acceptors (Lipinski definition) is 3. The zero-order valence-corrected chi connectivity index (χ0v) is 14.8. The molecule has 2 aromatic carbocycles. The van der Waals surface area contributed by atoms with E-state index in [1.165, 1.54) is 6.20 Å². The van der Waals surface area contributed by atoms with Crippen molar-refractivity contribution < 1.29 is 4.74 Å². The first-order chi connectivity index (χ1) is 13.3. The van der Waals surface area contributed by atoms with E-state index in [1.807, 2.05) is 73.8 Å². The lowest BCUT2D eigenvalue weighted by Gasteiger charge is -2.13. The van der Waals surface area contributed by atoms with Crippen LogP contribution in [-0.2, 0) is 0 Å². The van der Waals surface area contributed by atoms with E-state index in [-0.39, 0.29) is 0 Å². The van der Waals surface area contributed by atoms with Gasteiger partial charge in [0.25, 0.3) is 0 Å². The summed E-state index contributed by atoms with van der Waals surface area (Å²) in [6.07, 6.45) is 9.04. The minimum atomic E-state index is 0.402. The van der Waals surface area contributed by atoms with E-state index in [4.69, 9.17) is 4.74 Å². The first kappa shape index (κ1) is 16.6. The number of nitrogens with one attached hydrogen (secondary N) is 1. The van der Waals surface area contributed by atoms with Crippen molar-refractivity contribution in [3.05, 3.63) is 89.4 Å². The van der Waals surface area contributed by atoms with Crippen molar-refractivity contribution in [1.82, 2.24) is 9.97 Å². The van der Waals surface area contributed by atoms with E-state index in [0.717, 1.165) is 33.3 Å². The molecule has 0 amide bonds. The van der Waals surface area contributed by atoms with Crippen LogP contribution in [0.15, 0.2) is 67.1 Å². The molecule has 0 radical (unpaired) electrons. The normalized spacial score (nSPS) is 11.0. The van der Waals surface area contributed by atoms with Crippen molar-refractivity contribution in [2.24, 2.45) is 0 Å². The summed E-state index contributed by atoms with van der Waals surface area (Å²) in [5.41, 5.74) is 4.30. The maximum Gasteiger partial charge on any atom is 0.155 e. The SMILES string of the molecule is Cc1c(Oc2c(C#N)cncc2C=Cc2ccccc2)ccc2[nH]ccc12. The third-order valence-electron chi connectivity index (χ3n) is 4.47. The van der Waals surface area contributed by atoms with Gasteiger partial charge in [0, 0.05) is 40.6 Å². The molecule has 1 N–H and O–H groups in total. The molecule has 4 aromatic rings. The zero-order valence-electron chi connectivity index (χ0n) is 14.8. The lowest BCUT2D eigenvalue weighted by molar-refractivity contribution is 0.476. The number of aromatic amines is 1. The fourth-order valence-corrected chi connectivity index (χ4v) is 3.01. The highest BCUT2D eigenvalue weighted by atomic mass is 16.5. The van der Waals surface area contributed by atoms with Gasteiger partial charge in [0.15, 0.2) is 5.75 Å². The molecule has 0 aliphatic carbocycles. The Morgan fingerprint density at radius 2 is 1.89 bits per heavy atom. The van der Waals surface area contributed by atoms with E-state index in [0.29, 0.717) is 11.3 Å². The summed E-state index contributed by atoms with van der Waals surface area (Å²) in [6, 6.07) is 18.1. The molecule has 130 valence electrons. The van der Waals surface area contributed by atoms with Crippen LogP contribution in [0.1, 0.15) is 22.3 Å². The highest BCUT2D eigenvalue weighted by Gasteiger charge is 2.13. The van der Waals surface area contributed by atoms with Crippen LogP contribution in [0.5, 0.6) is 11.5 Å². The summed E-state index contributed by atoms with van der Waals surface area (Å²) in [5.74, 6) is 1.23. The van der Waals surface area contributed by atoms with Crippen LogP contribution < -0.4 is 4.74 Å². The molecule has 0 saturated carbocycles. The van der Waals surface area contributed by atoms with Gasteiger partial charge in [-0.15, -0.1) is 0 Å². The van der Waals surface area contributed by atoms with Crippen LogP contribution in [-0.4, -0.2) is 9.97 Å². The molecule has 0 atom stereocenters.